The number of aromatic nitrogens is 2. The fraction of sp³-hybridized carbons (Fsp3) is 0.0213. The van der Waals surface area contributed by atoms with Crippen LogP contribution in [0.25, 0.3) is 22.3 Å². The predicted molar refractivity (Wildman–Crippen MR) is 226 cm³/mol. The van der Waals surface area contributed by atoms with Crippen molar-refractivity contribution >= 4 is 39.3 Å². The van der Waals surface area contributed by atoms with Gasteiger partial charge in [0, 0.05) is 12.4 Å². The van der Waals surface area contributed by atoms with E-state index in [4.69, 9.17) is 0 Å². The molecule has 0 unspecified atom stereocenters. The summed E-state index contributed by atoms with van der Waals surface area (Å²) in [5.74, 6) is 0. The van der Waals surface area contributed by atoms with E-state index >= 15 is 0 Å². The second-order valence-electron chi connectivity index (χ2n) is 14.6. The van der Waals surface area contributed by atoms with Gasteiger partial charge >= 0.3 is 0 Å². The fourth-order valence-electron chi connectivity index (χ4n) is 8.54. The van der Waals surface area contributed by atoms with Crippen LogP contribution < -0.4 is 0 Å². The molecule has 0 radical (unpaired) electrons. The van der Waals surface area contributed by atoms with Gasteiger partial charge in [-0.15, -0.1) is 0 Å². The Labute approximate surface area is 352 Å². The molecule has 2 aromatic heterocycles. The smallest absolute Gasteiger partial charge is 0.223 e. The Morgan fingerprint density at radius 1 is 0.295 bits per heavy atom. The molecule has 8 aromatic rings. The van der Waals surface area contributed by atoms with Crippen LogP contribution >= 0.6 is 0 Å². The van der Waals surface area contributed by atoms with Crippen LogP contribution in [0.2, 0.25) is 0 Å². The molecule has 2 heterocycles. The first-order chi connectivity index (χ1) is 29.3. The van der Waals surface area contributed by atoms with Crippen molar-refractivity contribution in [3.63, 3.8) is 0 Å². The first-order valence-electron chi connectivity index (χ1n) is 18.8. The molecule has 0 saturated heterocycles. The lowest BCUT2D eigenvalue weighted by atomic mass is 9.70. The molecule has 0 fully saturated rings. The molecular weight excluding hydrogens is 849 g/mol. The highest BCUT2D eigenvalue weighted by atomic mass is 32.2. The van der Waals surface area contributed by atoms with Gasteiger partial charge in [-0.2, -0.15) is 0 Å². The standard InChI is InChI=1S/C47H30N2O8S4/c50-58(51,31-11-3-1-4-12-31)33-17-21-37-38-22-18-34(59(52,53)32-13-5-2-6-14-32)28-42(38)47(41(37)27-33)43-29-35(60(54,55)45-15-7-9-25-48-45)19-23-39(43)40-24-20-36(30-44(40)47)61(56,57)46-16-8-10-26-49-46/h1-30H. The van der Waals surface area contributed by atoms with E-state index in [1.165, 1.54) is 97.3 Å². The van der Waals surface area contributed by atoms with Crippen molar-refractivity contribution in [3.05, 3.63) is 205 Å². The first-order valence-corrected chi connectivity index (χ1v) is 24.7. The summed E-state index contributed by atoms with van der Waals surface area (Å²) < 4.78 is 115. The minimum Gasteiger partial charge on any atom is -0.244 e. The highest BCUT2D eigenvalue weighted by molar-refractivity contribution is 7.92. The lowest BCUT2D eigenvalue weighted by Gasteiger charge is -2.31. The van der Waals surface area contributed by atoms with E-state index in [0.29, 0.717) is 44.5 Å². The third-order valence-electron chi connectivity index (χ3n) is 11.3. The van der Waals surface area contributed by atoms with E-state index in [9.17, 15) is 33.7 Å². The van der Waals surface area contributed by atoms with Crippen LogP contribution in [-0.2, 0) is 44.8 Å². The number of hydrogen-bond donors (Lipinski definition) is 0. The van der Waals surface area contributed by atoms with E-state index in [2.05, 4.69) is 9.97 Å². The van der Waals surface area contributed by atoms with Crippen LogP contribution in [-0.4, -0.2) is 43.6 Å². The van der Waals surface area contributed by atoms with Gasteiger partial charge in [-0.25, -0.2) is 43.6 Å². The number of nitrogens with zero attached hydrogens (tertiary/aromatic N) is 2. The number of fused-ring (bicyclic) bond motifs is 10. The Kier molecular flexibility index (Phi) is 8.69. The van der Waals surface area contributed by atoms with Gasteiger partial charge in [-0.1, -0.05) is 72.8 Å². The molecule has 0 saturated carbocycles. The number of rotatable bonds is 8. The highest BCUT2D eigenvalue weighted by Gasteiger charge is 2.53. The molecule has 10 nitrogen and oxygen atoms in total. The molecule has 6 aromatic carbocycles. The Morgan fingerprint density at radius 2 is 0.590 bits per heavy atom. The van der Waals surface area contributed by atoms with Gasteiger partial charge in [0.05, 0.1) is 34.8 Å². The highest BCUT2D eigenvalue weighted by Crippen LogP contribution is 2.64. The van der Waals surface area contributed by atoms with Crippen molar-refractivity contribution in [2.45, 2.75) is 44.8 Å². The van der Waals surface area contributed by atoms with Crippen molar-refractivity contribution in [2.75, 3.05) is 0 Å². The van der Waals surface area contributed by atoms with Gasteiger partial charge in [0.15, 0.2) is 10.1 Å². The molecule has 300 valence electrons. The Morgan fingerprint density at radius 3 is 0.885 bits per heavy atom. The minimum absolute atomic E-state index is 0.0375. The summed E-state index contributed by atoms with van der Waals surface area (Å²) in [6, 6.07) is 43.4. The zero-order chi connectivity index (χ0) is 42.4. The number of benzene rings is 6. The van der Waals surface area contributed by atoms with E-state index in [-0.39, 0.29) is 39.4 Å². The van der Waals surface area contributed by atoms with Crippen LogP contribution in [0.1, 0.15) is 22.3 Å². The van der Waals surface area contributed by atoms with Gasteiger partial charge in [-0.3, -0.25) is 0 Å². The van der Waals surface area contributed by atoms with Crippen LogP contribution in [0.4, 0.5) is 0 Å². The maximum atomic E-state index is 14.4. The molecule has 14 heteroatoms. The zero-order valence-electron chi connectivity index (χ0n) is 31.6. The third kappa shape index (κ3) is 5.70. The van der Waals surface area contributed by atoms with Crippen LogP contribution in [0.5, 0.6) is 0 Å². The monoisotopic (exact) mass is 878 g/mol. The predicted octanol–water partition coefficient (Wildman–Crippen LogP) is 8.15. The molecule has 0 bridgehead atoms. The quantitative estimate of drug-likeness (QED) is 0.146. The average Bonchev–Trinajstić information content (AvgIpc) is 3.76. The molecule has 0 atom stereocenters. The summed E-state index contributed by atoms with van der Waals surface area (Å²) in [4.78, 5) is 7.92. The Balaban J connectivity index is 1.34. The topological polar surface area (TPSA) is 162 Å². The fourth-order valence-corrected chi connectivity index (χ4v) is 13.6. The van der Waals surface area contributed by atoms with Gasteiger partial charge in [-0.05, 0) is 142 Å². The third-order valence-corrected chi connectivity index (χ3v) is 18.2. The van der Waals surface area contributed by atoms with Crippen LogP contribution in [0.15, 0.2) is 222 Å². The number of pyridine rings is 2. The van der Waals surface area contributed by atoms with Crippen molar-refractivity contribution in [3.8, 4) is 22.3 Å². The summed E-state index contributed by atoms with van der Waals surface area (Å²) in [5, 5.41) is -0.411. The van der Waals surface area contributed by atoms with Gasteiger partial charge in [0.25, 0.3) is 0 Å². The van der Waals surface area contributed by atoms with E-state index < -0.39 is 44.8 Å². The normalized spacial score (nSPS) is 13.9. The second kappa shape index (κ2) is 13.7. The largest absolute Gasteiger partial charge is 0.244 e. The summed E-state index contributed by atoms with van der Waals surface area (Å²) >= 11 is 0. The van der Waals surface area contributed by atoms with Gasteiger partial charge < -0.3 is 0 Å². The van der Waals surface area contributed by atoms with Crippen LogP contribution in [0, 0.1) is 0 Å². The van der Waals surface area contributed by atoms with Gasteiger partial charge in [0.2, 0.25) is 39.3 Å². The second-order valence-corrected chi connectivity index (χ2v) is 22.2. The summed E-state index contributed by atoms with van der Waals surface area (Å²) in [7, 11) is -16.8. The molecule has 2 aliphatic carbocycles. The summed E-state index contributed by atoms with van der Waals surface area (Å²) in [5.41, 5.74) is 1.99. The van der Waals surface area contributed by atoms with Crippen LogP contribution in [0.3, 0.4) is 0 Å². The number of hydrogen-bond acceptors (Lipinski definition) is 10. The van der Waals surface area contributed by atoms with Crippen molar-refractivity contribution in [1.29, 1.82) is 0 Å². The van der Waals surface area contributed by atoms with Crippen molar-refractivity contribution in [1.82, 2.24) is 9.97 Å². The molecule has 0 aliphatic heterocycles. The summed E-state index contributed by atoms with van der Waals surface area (Å²) in [6.45, 7) is 0. The molecule has 61 heavy (non-hydrogen) atoms. The maximum absolute atomic E-state index is 14.4. The Bertz CT molecular complexity index is 3090. The molecule has 2 aliphatic rings. The maximum Gasteiger partial charge on any atom is 0.223 e. The molecule has 0 amide bonds. The molecule has 10 rings (SSSR count). The average molecular weight is 879 g/mol. The van der Waals surface area contributed by atoms with E-state index in [1.54, 1.807) is 84.9 Å². The first kappa shape index (κ1) is 38.6. The van der Waals surface area contributed by atoms with E-state index in [1.807, 2.05) is 0 Å². The van der Waals surface area contributed by atoms with Gasteiger partial charge in [0.1, 0.15) is 0 Å². The minimum atomic E-state index is -4.26. The lowest BCUT2D eigenvalue weighted by Crippen LogP contribution is -2.27. The lowest BCUT2D eigenvalue weighted by molar-refractivity contribution is 0.591. The van der Waals surface area contributed by atoms with Crippen molar-refractivity contribution < 1.29 is 33.7 Å². The molecule has 1 spiro atoms. The SMILES string of the molecule is O=S(=O)(c1ccccc1)c1ccc2c(c1)C1(c3cc(S(=O)(=O)c4ccccc4)ccc3-2)c2cc(S(=O)(=O)c3ccccn3)ccc2-c2ccc(S(=O)(=O)c3ccccn3)cc21. The molecular formula is C47H30N2O8S4. The number of sulfone groups is 4. The van der Waals surface area contributed by atoms with E-state index in [0.717, 1.165) is 0 Å². The summed E-state index contributed by atoms with van der Waals surface area (Å²) in [6.07, 6.45) is 2.74. The van der Waals surface area contributed by atoms with Crippen molar-refractivity contribution in [2.24, 2.45) is 0 Å². The molecule has 0 N–H and O–H groups in total. The Hall–Kier alpha value is -6.58. The zero-order valence-corrected chi connectivity index (χ0v) is 34.9.